The van der Waals surface area contributed by atoms with Crippen LogP contribution in [-0.2, 0) is 12.8 Å². The van der Waals surface area contributed by atoms with Crippen molar-refractivity contribution in [3.63, 3.8) is 0 Å². The fourth-order valence-corrected chi connectivity index (χ4v) is 4.86. The number of aromatic amines is 1. The van der Waals surface area contributed by atoms with Crippen molar-refractivity contribution in [1.29, 1.82) is 0 Å². The molecule has 0 bridgehead atoms. The molecule has 7 heteroatoms. The van der Waals surface area contributed by atoms with E-state index in [9.17, 15) is 4.79 Å². The van der Waals surface area contributed by atoms with Gasteiger partial charge in [0.1, 0.15) is 11.4 Å². The fraction of sp³-hybridized carbons (Fsp3) is 0.250. The first kappa shape index (κ1) is 22.7. The number of hydrazone groups is 1. The van der Waals surface area contributed by atoms with Gasteiger partial charge in [-0.25, -0.2) is 5.43 Å². The molecule has 0 spiro atoms. The van der Waals surface area contributed by atoms with E-state index < -0.39 is 0 Å². The number of carbonyl (C=O) groups is 1. The van der Waals surface area contributed by atoms with Gasteiger partial charge in [-0.15, -0.1) is 0 Å². The first-order chi connectivity index (χ1) is 17.1. The molecule has 1 aliphatic carbocycles. The number of rotatable bonds is 8. The Hall–Kier alpha value is -4.13. The lowest BCUT2D eigenvalue weighted by molar-refractivity contribution is 0.0950. The molecule has 0 saturated carbocycles. The number of amides is 1. The third kappa shape index (κ3) is 4.25. The number of methoxy groups -OCH3 is 1. The van der Waals surface area contributed by atoms with Gasteiger partial charge in [-0.2, -0.15) is 10.2 Å². The number of nitrogens with one attached hydrogen (secondary N) is 2. The first-order valence-corrected chi connectivity index (χ1v) is 12.0. The highest BCUT2D eigenvalue weighted by Gasteiger charge is 2.18. The lowest BCUT2D eigenvalue weighted by atomic mass is 9.98. The second-order valence-corrected chi connectivity index (χ2v) is 8.58. The molecule has 5 rings (SSSR count). The van der Waals surface area contributed by atoms with E-state index in [1.807, 2.05) is 18.2 Å². The van der Waals surface area contributed by atoms with Crippen molar-refractivity contribution in [3.8, 4) is 17.0 Å². The number of anilines is 1. The summed E-state index contributed by atoms with van der Waals surface area (Å²) in [6, 6.07) is 18.4. The molecular formula is C28H29N5O2. The van der Waals surface area contributed by atoms with Gasteiger partial charge in [0.25, 0.3) is 5.91 Å². The monoisotopic (exact) mass is 467 g/mol. The average molecular weight is 468 g/mol. The third-order valence-electron chi connectivity index (χ3n) is 6.69. The van der Waals surface area contributed by atoms with Crippen LogP contribution in [0.2, 0.25) is 0 Å². The minimum atomic E-state index is -0.357. The van der Waals surface area contributed by atoms with E-state index in [0.29, 0.717) is 11.4 Å². The van der Waals surface area contributed by atoms with Crippen molar-refractivity contribution in [3.05, 3.63) is 77.0 Å². The van der Waals surface area contributed by atoms with E-state index in [1.54, 1.807) is 19.4 Å². The first-order valence-electron chi connectivity index (χ1n) is 12.0. The average Bonchev–Trinajstić information content (AvgIpc) is 3.55. The summed E-state index contributed by atoms with van der Waals surface area (Å²) in [5.41, 5.74) is 9.31. The van der Waals surface area contributed by atoms with Crippen molar-refractivity contribution in [2.24, 2.45) is 5.10 Å². The number of carbonyl (C=O) groups excluding carboxylic acids is 1. The van der Waals surface area contributed by atoms with Crippen LogP contribution in [-0.4, -0.2) is 42.5 Å². The molecule has 0 saturated heterocycles. The Balaban J connectivity index is 1.32. The molecule has 1 aliphatic rings. The Morgan fingerprint density at radius 1 is 1.11 bits per heavy atom. The van der Waals surface area contributed by atoms with Crippen molar-refractivity contribution >= 4 is 28.6 Å². The molecule has 4 aromatic rings. The zero-order valence-corrected chi connectivity index (χ0v) is 20.3. The number of ether oxygens (including phenoxy) is 1. The number of hydrogen-bond acceptors (Lipinski definition) is 5. The molecular weight excluding hydrogens is 438 g/mol. The van der Waals surface area contributed by atoms with E-state index >= 15 is 0 Å². The van der Waals surface area contributed by atoms with Crippen LogP contribution in [0.15, 0.2) is 59.7 Å². The Bertz CT molecular complexity index is 1410. The lowest BCUT2D eigenvalue weighted by Crippen LogP contribution is -2.21. The Morgan fingerprint density at radius 3 is 2.69 bits per heavy atom. The van der Waals surface area contributed by atoms with Crippen molar-refractivity contribution in [2.75, 3.05) is 25.1 Å². The smallest absolute Gasteiger partial charge is 0.289 e. The quantitative estimate of drug-likeness (QED) is 0.284. The topological polar surface area (TPSA) is 82.6 Å². The molecule has 1 heterocycles. The second-order valence-electron chi connectivity index (χ2n) is 8.58. The van der Waals surface area contributed by atoms with Crippen LogP contribution in [0.5, 0.6) is 5.75 Å². The predicted molar refractivity (Wildman–Crippen MR) is 141 cm³/mol. The minimum absolute atomic E-state index is 0.351. The van der Waals surface area contributed by atoms with Crippen LogP contribution < -0.4 is 15.1 Å². The molecule has 3 aromatic carbocycles. The van der Waals surface area contributed by atoms with Gasteiger partial charge in [0, 0.05) is 36.0 Å². The van der Waals surface area contributed by atoms with Gasteiger partial charge >= 0.3 is 0 Å². The molecule has 0 atom stereocenters. The van der Waals surface area contributed by atoms with Gasteiger partial charge in [0.2, 0.25) is 0 Å². The molecule has 178 valence electrons. The highest BCUT2D eigenvalue weighted by molar-refractivity contribution is 6.02. The Morgan fingerprint density at radius 2 is 1.91 bits per heavy atom. The van der Waals surface area contributed by atoms with Crippen LogP contribution in [0.3, 0.4) is 0 Å². The number of hydrogen-bond donors (Lipinski definition) is 2. The zero-order valence-electron chi connectivity index (χ0n) is 20.3. The predicted octanol–water partition coefficient (Wildman–Crippen LogP) is 4.95. The highest BCUT2D eigenvalue weighted by Crippen LogP contribution is 2.36. The summed E-state index contributed by atoms with van der Waals surface area (Å²) < 4.78 is 5.53. The highest BCUT2D eigenvalue weighted by atomic mass is 16.5. The van der Waals surface area contributed by atoms with Crippen LogP contribution in [0.1, 0.15) is 41.0 Å². The van der Waals surface area contributed by atoms with Crippen molar-refractivity contribution < 1.29 is 9.53 Å². The zero-order chi connectivity index (χ0) is 24.4. The maximum Gasteiger partial charge on any atom is 0.289 e. The lowest BCUT2D eigenvalue weighted by Gasteiger charge is -2.21. The molecule has 1 aromatic heterocycles. The number of H-pyrrole nitrogens is 1. The largest absolute Gasteiger partial charge is 0.496 e. The summed E-state index contributed by atoms with van der Waals surface area (Å²) in [4.78, 5) is 14.9. The summed E-state index contributed by atoms with van der Waals surface area (Å²) in [5, 5.41) is 13.9. The number of aryl methyl sites for hydroxylation is 2. The summed E-state index contributed by atoms with van der Waals surface area (Å²) in [5.74, 6) is 0.341. The van der Waals surface area contributed by atoms with Gasteiger partial charge < -0.3 is 9.64 Å². The maximum absolute atomic E-state index is 12.7. The Labute approximate surface area is 204 Å². The standard InChI is InChI=1S/C28H29N5O2/c1-4-33(5-2)21-13-11-20(26(15-21)35-3)17-29-32-28(34)25-16-24(30-31-25)22-14-12-19-10-9-18-7-6-8-23(22)27(18)19/h6-8,11-17H,4-5,9-10H2,1-3H3,(H,30,31)(H,32,34). The number of aromatic nitrogens is 2. The van der Waals surface area contributed by atoms with Crippen molar-refractivity contribution in [1.82, 2.24) is 15.6 Å². The molecule has 2 N–H and O–H groups in total. The fourth-order valence-electron chi connectivity index (χ4n) is 4.86. The van der Waals surface area contributed by atoms with Gasteiger partial charge in [0.05, 0.1) is 19.0 Å². The Kier molecular flexibility index (Phi) is 6.23. The van der Waals surface area contributed by atoms with Gasteiger partial charge in [0.15, 0.2) is 0 Å². The minimum Gasteiger partial charge on any atom is -0.496 e. The molecule has 1 amide bonds. The molecule has 0 radical (unpaired) electrons. The van der Waals surface area contributed by atoms with E-state index in [2.05, 4.69) is 69.8 Å². The van der Waals surface area contributed by atoms with Crippen molar-refractivity contribution in [2.45, 2.75) is 26.7 Å². The number of nitrogens with zero attached hydrogens (tertiary/aromatic N) is 3. The summed E-state index contributed by atoms with van der Waals surface area (Å²) in [7, 11) is 1.63. The molecule has 0 unspecified atom stereocenters. The van der Waals surface area contributed by atoms with Gasteiger partial charge in [-0.1, -0.05) is 30.3 Å². The second kappa shape index (κ2) is 9.62. The van der Waals surface area contributed by atoms with Gasteiger partial charge in [-0.05, 0) is 66.8 Å². The summed E-state index contributed by atoms with van der Waals surface area (Å²) in [6.45, 7) is 6.06. The van der Waals surface area contributed by atoms with Gasteiger partial charge in [-0.3, -0.25) is 9.89 Å². The SMILES string of the molecule is CCN(CC)c1ccc(C=NNC(=O)c2cc(-c3ccc4c5c(cccc35)CC4)n[nH]2)c(OC)c1. The van der Waals surface area contributed by atoms with E-state index in [1.165, 1.54) is 21.9 Å². The van der Waals surface area contributed by atoms with Crippen LogP contribution in [0.4, 0.5) is 5.69 Å². The normalized spacial score (nSPS) is 12.4. The van der Waals surface area contributed by atoms with Crippen LogP contribution >= 0.6 is 0 Å². The summed E-state index contributed by atoms with van der Waals surface area (Å²) >= 11 is 0. The molecule has 7 nitrogen and oxygen atoms in total. The molecule has 35 heavy (non-hydrogen) atoms. The van der Waals surface area contributed by atoms with E-state index in [-0.39, 0.29) is 5.91 Å². The van der Waals surface area contributed by atoms with Crippen LogP contribution in [0, 0.1) is 0 Å². The molecule has 0 aliphatic heterocycles. The van der Waals surface area contributed by atoms with Crippen LogP contribution in [0.25, 0.3) is 22.0 Å². The molecule has 0 fully saturated rings. The summed E-state index contributed by atoms with van der Waals surface area (Å²) in [6.07, 6.45) is 3.74. The number of benzene rings is 3. The van der Waals surface area contributed by atoms with E-state index in [0.717, 1.165) is 48.4 Å². The third-order valence-corrected chi connectivity index (χ3v) is 6.69. The van der Waals surface area contributed by atoms with E-state index in [4.69, 9.17) is 4.74 Å². The maximum atomic E-state index is 12.7.